The zero-order valence-electron chi connectivity index (χ0n) is 16.4. The average molecular weight is 407 g/mol. The van der Waals surface area contributed by atoms with E-state index in [1.807, 2.05) is 35.9 Å². The van der Waals surface area contributed by atoms with Crippen molar-refractivity contribution >= 4 is 5.82 Å². The van der Waals surface area contributed by atoms with E-state index in [0.29, 0.717) is 17.3 Å². The van der Waals surface area contributed by atoms with Gasteiger partial charge in [0.2, 0.25) is 0 Å². The number of ether oxygens (including phenoxy) is 1. The first kappa shape index (κ1) is 19.5. The fourth-order valence-corrected chi connectivity index (χ4v) is 3.05. The molecule has 0 aliphatic carbocycles. The van der Waals surface area contributed by atoms with Gasteiger partial charge >= 0.3 is 0 Å². The molecule has 0 atom stereocenters. The Balaban J connectivity index is 1.51. The summed E-state index contributed by atoms with van der Waals surface area (Å²) in [5.74, 6) is -0.607. The van der Waals surface area contributed by atoms with E-state index < -0.39 is 11.6 Å². The number of nitrogens with one attached hydrogen (secondary N) is 1. The van der Waals surface area contributed by atoms with E-state index in [4.69, 9.17) is 4.74 Å². The second-order valence-electron chi connectivity index (χ2n) is 6.68. The molecule has 0 radical (unpaired) electrons. The Hall–Kier alpha value is -3.81. The fraction of sp³-hybridized carbons (Fsp3) is 0.136. The molecule has 6 nitrogen and oxygen atoms in total. The van der Waals surface area contributed by atoms with E-state index >= 15 is 0 Å². The normalized spacial score (nSPS) is 10.8. The predicted octanol–water partition coefficient (Wildman–Crippen LogP) is 4.54. The van der Waals surface area contributed by atoms with Crippen LogP contribution in [0.2, 0.25) is 0 Å². The van der Waals surface area contributed by atoms with Crippen LogP contribution in [0.5, 0.6) is 5.75 Å². The van der Waals surface area contributed by atoms with Crippen LogP contribution >= 0.6 is 0 Å². The zero-order chi connectivity index (χ0) is 21.1. The van der Waals surface area contributed by atoms with Crippen molar-refractivity contribution in [1.29, 1.82) is 0 Å². The standard InChI is InChI=1S/C22H19F2N5O/c1-14-12-29(13-26-14)19-8-6-15(10-20(19)30-2)18-7-9-21(28-27-18)25-11-16-4-3-5-17(23)22(16)24/h3-10,12-13H,11H2,1-2H3,(H,25,28). The highest BCUT2D eigenvalue weighted by Crippen LogP contribution is 2.29. The lowest BCUT2D eigenvalue weighted by atomic mass is 10.1. The van der Waals surface area contributed by atoms with Crippen molar-refractivity contribution in [3.05, 3.63) is 83.9 Å². The SMILES string of the molecule is COc1cc(-c2ccc(NCc3cccc(F)c3F)nn2)ccc1-n1cnc(C)c1. The van der Waals surface area contributed by atoms with Crippen LogP contribution in [0.25, 0.3) is 16.9 Å². The Bertz CT molecular complexity index is 1170. The summed E-state index contributed by atoms with van der Waals surface area (Å²) in [5.41, 5.74) is 3.49. The molecule has 30 heavy (non-hydrogen) atoms. The molecule has 4 aromatic rings. The van der Waals surface area contributed by atoms with Crippen LogP contribution in [0, 0.1) is 18.6 Å². The number of imidazole rings is 1. The van der Waals surface area contributed by atoms with Crippen LogP contribution < -0.4 is 10.1 Å². The van der Waals surface area contributed by atoms with E-state index in [9.17, 15) is 8.78 Å². The first-order chi connectivity index (χ1) is 14.5. The van der Waals surface area contributed by atoms with Gasteiger partial charge in [0.25, 0.3) is 0 Å². The molecule has 0 bridgehead atoms. The van der Waals surface area contributed by atoms with Gasteiger partial charge in [0.15, 0.2) is 11.6 Å². The lowest BCUT2D eigenvalue weighted by molar-refractivity contribution is 0.413. The van der Waals surface area contributed by atoms with E-state index in [-0.39, 0.29) is 12.1 Å². The number of nitrogens with zero attached hydrogens (tertiary/aromatic N) is 4. The molecule has 0 unspecified atom stereocenters. The fourth-order valence-electron chi connectivity index (χ4n) is 3.05. The summed E-state index contributed by atoms with van der Waals surface area (Å²) in [4.78, 5) is 4.24. The van der Waals surface area contributed by atoms with E-state index in [0.717, 1.165) is 23.0 Å². The summed E-state index contributed by atoms with van der Waals surface area (Å²) in [7, 11) is 1.61. The van der Waals surface area contributed by atoms with Crippen molar-refractivity contribution < 1.29 is 13.5 Å². The molecule has 1 N–H and O–H groups in total. The maximum absolute atomic E-state index is 13.7. The summed E-state index contributed by atoms with van der Waals surface area (Å²) in [6.07, 6.45) is 3.65. The molecule has 0 aliphatic heterocycles. The molecule has 8 heteroatoms. The third-order valence-electron chi connectivity index (χ3n) is 4.62. The number of halogens is 2. The van der Waals surface area contributed by atoms with Gasteiger partial charge in [-0.2, -0.15) is 0 Å². The Morgan fingerprint density at radius 3 is 2.63 bits per heavy atom. The minimum absolute atomic E-state index is 0.102. The molecule has 152 valence electrons. The highest BCUT2D eigenvalue weighted by Gasteiger charge is 2.11. The molecule has 0 saturated heterocycles. The highest BCUT2D eigenvalue weighted by molar-refractivity contribution is 5.65. The average Bonchev–Trinajstić information content (AvgIpc) is 3.21. The number of benzene rings is 2. The molecule has 0 amide bonds. The first-order valence-corrected chi connectivity index (χ1v) is 9.25. The summed E-state index contributed by atoms with van der Waals surface area (Å²) in [5, 5.41) is 11.3. The van der Waals surface area contributed by atoms with Crippen molar-refractivity contribution in [3.63, 3.8) is 0 Å². The smallest absolute Gasteiger partial charge is 0.163 e. The van der Waals surface area contributed by atoms with Gasteiger partial charge in [-0.3, -0.25) is 0 Å². The van der Waals surface area contributed by atoms with Crippen molar-refractivity contribution in [2.24, 2.45) is 0 Å². The molecule has 2 aromatic carbocycles. The molecule has 4 rings (SSSR count). The van der Waals surface area contributed by atoms with Crippen LogP contribution in [0.15, 0.2) is 61.1 Å². The lowest BCUT2D eigenvalue weighted by Crippen LogP contribution is -2.05. The van der Waals surface area contributed by atoms with Crippen LogP contribution in [-0.2, 0) is 6.54 Å². The number of aryl methyl sites for hydroxylation is 1. The van der Waals surface area contributed by atoms with Crippen molar-refractivity contribution in [1.82, 2.24) is 19.7 Å². The third kappa shape index (κ3) is 3.98. The Labute approximate surface area is 172 Å². The van der Waals surface area contributed by atoms with Crippen LogP contribution in [-0.4, -0.2) is 26.9 Å². The molecule has 0 fully saturated rings. The van der Waals surface area contributed by atoms with E-state index in [2.05, 4.69) is 20.5 Å². The molecule has 0 spiro atoms. The van der Waals surface area contributed by atoms with Gasteiger partial charge in [-0.15, -0.1) is 10.2 Å². The van der Waals surface area contributed by atoms with Gasteiger partial charge in [0.1, 0.15) is 11.6 Å². The number of aromatic nitrogens is 4. The van der Waals surface area contributed by atoms with Crippen LogP contribution in [0.4, 0.5) is 14.6 Å². The summed E-state index contributed by atoms with van der Waals surface area (Å²) < 4.78 is 34.5. The van der Waals surface area contributed by atoms with Gasteiger partial charge < -0.3 is 14.6 Å². The number of methoxy groups -OCH3 is 1. The maximum atomic E-state index is 13.7. The largest absolute Gasteiger partial charge is 0.495 e. The Morgan fingerprint density at radius 1 is 1.07 bits per heavy atom. The van der Waals surface area contributed by atoms with E-state index in [1.165, 1.54) is 12.1 Å². The van der Waals surface area contributed by atoms with Crippen LogP contribution in [0.1, 0.15) is 11.3 Å². The second-order valence-corrected chi connectivity index (χ2v) is 6.68. The highest BCUT2D eigenvalue weighted by atomic mass is 19.2. The number of anilines is 1. The quantitative estimate of drug-likeness (QED) is 0.509. The minimum atomic E-state index is -0.876. The van der Waals surface area contributed by atoms with Gasteiger partial charge in [0.05, 0.1) is 30.5 Å². The third-order valence-corrected chi connectivity index (χ3v) is 4.62. The predicted molar refractivity (Wildman–Crippen MR) is 110 cm³/mol. The second kappa shape index (κ2) is 8.28. The monoisotopic (exact) mass is 407 g/mol. The minimum Gasteiger partial charge on any atom is -0.495 e. The summed E-state index contributed by atoms with van der Waals surface area (Å²) >= 11 is 0. The summed E-state index contributed by atoms with van der Waals surface area (Å²) in [6.45, 7) is 2.02. The van der Waals surface area contributed by atoms with Gasteiger partial charge in [-0.25, -0.2) is 13.8 Å². The topological polar surface area (TPSA) is 64.9 Å². The molecular formula is C22H19F2N5O. The van der Waals surface area contributed by atoms with Crippen molar-refractivity contribution in [2.45, 2.75) is 13.5 Å². The zero-order valence-corrected chi connectivity index (χ0v) is 16.4. The number of rotatable bonds is 6. The summed E-state index contributed by atoms with van der Waals surface area (Å²) in [6, 6.07) is 13.3. The number of hydrogen-bond donors (Lipinski definition) is 1. The van der Waals surface area contributed by atoms with Crippen LogP contribution in [0.3, 0.4) is 0 Å². The van der Waals surface area contributed by atoms with E-state index in [1.54, 1.807) is 25.6 Å². The molecule has 0 aliphatic rings. The van der Waals surface area contributed by atoms with Gasteiger partial charge in [-0.1, -0.05) is 18.2 Å². The molecule has 0 saturated carbocycles. The maximum Gasteiger partial charge on any atom is 0.163 e. The first-order valence-electron chi connectivity index (χ1n) is 9.25. The Morgan fingerprint density at radius 2 is 1.93 bits per heavy atom. The van der Waals surface area contributed by atoms with Gasteiger partial charge in [0, 0.05) is 23.9 Å². The molecule has 2 heterocycles. The van der Waals surface area contributed by atoms with Crippen molar-refractivity contribution in [3.8, 4) is 22.7 Å². The Kier molecular flexibility index (Phi) is 5.38. The lowest BCUT2D eigenvalue weighted by Gasteiger charge is -2.11. The molecule has 2 aromatic heterocycles. The molecular weight excluding hydrogens is 388 g/mol. The van der Waals surface area contributed by atoms with Crippen molar-refractivity contribution in [2.75, 3.05) is 12.4 Å². The van der Waals surface area contributed by atoms with Gasteiger partial charge in [-0.05, 0) is 37.3 Å². The number of hydrogen-bond acceptors (Lipinski definition) is 5.